The van der Waals surface area contributed by atoms with Crippen molar-refractivity contribution in [1.29, 1.82) is 0 Å². The van der Waals surface area contributed by atoms with Gasteiger partial charge in [-0.3, -0.25) is 4.79 Å². The van der Waals surface area contributed by atoms with Gasteiger partial charge in [-0.25, -0.2) is 0 Å². The average Bonchev–Trinajstić information content (AvgIpc) is 2.25. The van der Waals surface area contributed by atoms with E-state index in [1.807, 2.05) is 30.3 Å². The van der Waals surface area contributed by atoms with Crippen LogP contribution in [0.2, 0.25) is 0 Å². The van der Waals surface area contributed by atoms with Gasteiger partial charge in [0.1, 0.15) is 0 Å². The Morgan fingerprint density at radius 1 is 1.27 bits per heavy atom. The molecule has 0 radical (unpaired) electrons. The summed E-state index contributed by atoms with van der Waals surface area (Å²) >= 11 is 0. The quantitative estimate of drug-likeness (QED) is 0.435. The molecule has 0 saturated heterocycles. The van der Waals surface area contributed by atoms with E-state index in [9.17, 15) is 4.79 Å². The average molecular weight is 206 g/mol. The number of nitrogens with two attached hydrogens (primary N) is 1. The first-order valence-corrected chi connectivity index (χ1v) is 4.78. The summed E-state index contributed by atoms with van der Waals surface area (Å²) < 4.78 is 0. The molecule has 0 fully saturated rings. The molecule has 0 atom stereocenters. The van der Waals surface area contributed by atoms with Crippen LogP contribution in [-0.4, -0.2) is 16.8 Å². The van der Waals surface area contributed by atoms with Crippen molar-refractivity contribution in [3.63, 3.8) is 0 Å². The molecule has 0 aromatic heterocycles. The van der Waals surface area contributed by atoms with E-state index in [0.29, 0.717) is 25.0 Å². The zero-order valence-electron chi connectivity index (χ0n) is 8.39. The highest BCUT2D eigenvalue weighted by Gasteiger charge is 2.04. The maximum Gasteiger partial charge on any atom is 0.217 e. The Kier molecular flexibility index (Phi) is 4.34. The summed E-state index contributed by atoms with van der Waals surface area (Å²) in [6.07, 6.45) is 1.46. The van der Waals surface area contributed by atoms with Crippen molar-refractivity contribution in [1.82, 2.24) is 0 Å². The Morgan fingerprint density at radius 2 is 1.93 bits per heavy atom. The van der Waals surface area contributed by atoms with Crippen LogP contribution in [0.5, 0.6) is 0 Å². The van der Waals surface area contributed by atoms with Crippen LogP contribution in [-0.2, 0) is 4.79 Å². The van der Waals surface area contributed by atoms with Crippen molar-refractivity contribution in [3.8, 4) is 0 Å². The van der Waals surface area contributed by atoms with E-state index in [-0.39, 0.29) is 5.91 Å². The SMILES string of the molecule is NC(=O)CCC/C(=N\O)c1ccccc1. The highest BCUT2D eigenvalue weighted by Crippen LogP contribution is 2.07. The molecule has 0 aliphatic carbocycles. The van der Waals surface area contributed by atoms with Crippen LogP contribution >= 0.6 is 0 Å². The molecule has 80 valence electrons. The lowest BCUT2D eigenvalue weighted by Crippen LogP contribution is -2.11. The lowest BCUT2D eigenvalue weighted by molar-refractivity contribution is -0.118. The fraction of sp³-hybridized carbons (Fsp3) is 0.273. The van der Waals surface area contributed by atoms with Crippen molar-refractivity contribution >= 4 is 11.6 Å². The summed E-state index contributed by atoms with van der Waals surface area (Å²) in [4.78, 5) is 10.5. The van der Waals surface area contributed by atoms with Crippen LogP contribution in [0.25, 0.3) is 0 Å². The highest BCUT2D eigenvalue weighted by molar-refractivity contribution is 6.00. The first-order chi connectivity index (χ1) is 7.24. The third kappa shape index (κ3) is 3.81. The molecule has 0 spiro atoms. The van der Waals surface area contributed by atoms with E-state index < -0.39 is 0 Å². The van der Waals surface area contributed by atoms with Crippen molar-refractivity contribution in [2.24, 2.45) is 10.9 Å². The Labute approximate surface area is 88.4 Å². The maximum atomic E-state index is 10.5. The normalized spacial score (nSPS) is 11.3. The number of benzene rings is 1. The summed E-state index contributed by atoms with van der Waals surface area (Å²) in [5.41, 5.74) is 6.46. The van der Waals surface area contributed by atoms with Gasteiger partial charge in [-0.05, 0) is 18.4 Å². The third-order valence-corrected chi connectivity index (χ3v) is 2.06. The Bertz CT molecular complexity index is 347. The molecule has 1 aromatic rings. The molecule has 15 heavy (non-hydrogen) atoms. The minimum Gasteiger partial charge on any atom is -0.411 e. The Hall–Kier alpha value is -1.84. The number of carbonyl (C=O) groups is 1. The van der Waals surface area contributed by atoms with E-state index in [4.69, 9.17) is 10.9 Å². The second kappa shape index (κ2) is 5.80. The molecule has 0 heterocycles. The fourth-order valence-electron chi connectivity index (χ4n) is 1.31. The molecule has 0 bridgehead atoms. The number of oxime groups is 1. The zero-order chi connectivity index (χ0) is 11.1. The van der Waals surface area contributed by atoms with Crippen LogP contribution in [0.1, 0.15) is 24.8 Å². The van der Waals surface area contributed by atoms with Gasteiger partial charge in [0.25, 0.3) is 0 Å². The zero-order valence-corrected chi connectivity index (χ0v) is 8.39. The third-order valence-electron chi connectivity index (χ3n) is 2.06. The van der Waals surface area contributed by atoms with Gasteiger partial charge in [-0.15, -0.1) is 0 Å². The molecule has 0 unspecified atom stereocenters. The monoisotopic (exact) mass is 206 g/mol. The maximum absolute atomic E-state index is 10.5. The second-order valence-corrected chi connectivity index (χ2v) is 3.23. The molecule has 4 heteroatoms. The smallest absolute Gasteiger partial charge is 0.217 e. The number of hydrogen-bond acceptors (Lipinski definition) is 3. The van der Waals surface area contributed by atoms with Gasteiger partial charge in [0.15, 0.2) is 0 Å². The van der Waals surface area contributed by atoms with E-state index in [0.717, 1.165) is 5.56 Å². The molecular weight excluding hydrogens is 192 g/mol. The molecule has 1 aromatic carbocycles. The Morgan fingerprint density at radius 3 is 2.47 bits per heavy atom. The van der Waals surface area contributed by atoms with Crippen molar-refractivity contribution in [3.05, 3.63) is 35.9 Å². The van der Waals surface area contributed by atoms with E-state index in [2.05, 4.69) is 5.16 Å². The van der Waals surface area contributed by atoms with Gasteiger partial charge in [-0.1, -0.05) is 35.5 Å². The van der Waals surface area contributed by atoms with Gasteiger partial charge < -0.3 is 10.9 Å². The van der Waals surface area contributed by atoms with Crippen LogP contribution in [0.15, 0.2) is 35.5 Å². The van der Waals surface area contributed by atoms with Gasteiger partial charge >= 0.3 is 0 Å². The fourth-order valence-corrected chi connectivity index (χ4v) is 1.31. The van der Waals surface area contributed by atoms with E-state index in [1.54, 1.807) is 0 Å². The summed E-state index contributed by atoms with van der Waals surface area (Å²) in [6, 6.07) is 9.35. The molecule has 1 rings (SSSR count). The minimum absolute atomic E-state index is 0.311. The van der Waals surface area contributed by atoms with Gasteiger partial charge in [0, 0.05) is 6.42 Å². The number of hydrogen-bond donors (Lipinski definition) is 2. The molecular formula is C11H14N2O2. The van der Waals surface area contributed by atoms with Gasteiger partial charge in [0.2, 0.25) is 5.91 Å². The summed E-state index contributed by atoms with van der Waals surface area (Å²) in [5, 5.41) is 12.0. The number of carbonyl (C=O) groups excluding carboxylic acids is 1. The number of primary amides is 1. The molecule has 3 N–H and O–H groups in total. The minimum atomic E-state index is -0.333. The standard InChI is InChI=1S/C11H14N2O2/c12-11(14)8-4-7-10(13-15)9-5-2-1-3-6-9/h1-3,5-6,15H,4,7-8H2,(H2,12,14)/b13-10+. The van der Waals surface area contributed by atoms with Crippen LogP contribution in [0.4, 0.5) is 0 Å². The summed E-state index contributed by atoms with van der Waals surface area (Å²) in [5.74, 6) is -0.333. The summed E-state index contributed by atoms with van der Waals surface area (Å²) in [7, 11) is 0. The van der Waals surface area contributed by atoms with Crippen molar-refractivity contribution < 1.29 is 10.0 Å². The van der Waals surface area contributed by atoms with E-state index >= 15 is 0 Å². The summed E-state index contributed by atoms with van der Waals surface area (Å²) in [6.45, 7) is 0. The van der Waals surface area contributed by atoms with Gasteiger partial charge in [0.05, 0.1) is 5.71 Å². The van der Waals surface area contributed by atoms with Crippen LogP contribution in [0.3, 0.4) is 0 Å². The lowest BCUT2D eigenvalue weighted by atomic mass is 10.0. The predicted octanol–water partition coefficient (Wildman–Crippen LogP) is 1.52. The van der Waals surface area contributed by atoms with Crippen molar-refractivity contribution in [2.75, 3.05) is 0 Å². The lowest BCUT2D eigenvalue weighted by Gasteiger charge is -2.02. The first kappa shape index (κ1) is 11.2. The van der Waals surface area contributed by atoms with E-state index in [1.165, 1.54) is 0 Å². The number of nitrogens with zero attached hydrogens (tertiary/aromatic N) is 1. The number of rotatable bonds is 5. The van der Waals surface area contributed by atoms with Crippen LogP contribution in [0, 0.1) is 0 Å². The number of amides is 1. The molecule has 4 nitrogen and oxygen atoms in total. The highest BCUT2D eigenvalue weighted by atomic mass is 16.4. The molecule has 0 aliphatic heterocycles. The topological polar surface area (TPSA) is 75.7 Å². The molecule has 0 saturated carbocycles. The molecule has 1 amide bonds. The molecule has 0 aliphatic rings. The largest absolute Gasteiger partial charge is 0.411 e. The Balaban J connectivity index is 2.55. The van der Waals surface area contributed by atoms with Gasteiger partial charge in [-0.2, -0.15) is 0 Å². The predicted molar refractivity (Wildman–Crippen MR) is 57.8 cm³/mol. The second-order valence-electron chi connectivity index (χ2n) is 3.23. The first-order valence-electron chi connectivity index (χ1n) is 4.78. The van der Waals surface area contributed by atoms with Crippen LogP contribution < -0.4 is 5.73 Å². The van der Waals surface area contributed by atoms with Crippen molar-refractivity contribution in [2.45, 2.75) is 19.3 Å².